The summed E-state index contributed by atoms with van der Waals surface area (Å²) >= 11 is 0. The van der Waals surface area contributed by atoms with Gasteiger partial charge in [-0.25, -0.2) is 18.4 Å². The average molecular weight is 427 g/mol. The number of nitrogens with zero attached hydrogens (tertiary/aromatic N) is 4. The first-order chi connectivity index (χ1) is 15.5. The minimum absolute atomic E-state index is 0.0752. The predicted molar refractivity (Wildman–Crippen MR) is 121 cm³/mol. The molecule has 0 amide bonds. The Balaban J connectivity index is 1.80. The van der Waals surface area contributed by atoms with Gasteiger partial charge in [-0.3, -0.25) is 4.98 Å². The van der Waals surface area contributed by atoms with Crippen molar-refractivity contribution < 1.29 is 8.78 Å². The Morgan fingerprint density at radius 3 is 2.34 bits per heavy atom. The number of nitrogens with one attached hydrogen (secondary N) is 1. The molecule has 0 saturated carbocycles. The van der Waals surface area contributed by atoms with Crippen molar-refractivity contribution in [2.45, 2.75) is 13.8 Å². The number of aromatic nitrogens is 4. The van der Waals surface area contributed by atoms with Gasteiger partial charge in [0.1, 0.15) is 11.3 Å². The number of para-hydroxylation sites is 2. The van der Waals surface area contributed by atoms with E-state index < -0.39 is 11.6 Å². The molecule has 0 fully saturated rings. The molecule has 0 radical (unpaired) electrons. The Morgan fingerprint density at radius 1 is 0.844 bits per heavy atom. The van der Waals surface area contributed by atoms with Gasteiger partial charge >= 0.3 is 0 Å². The fourth-order valence-electron chi connectivity index (χ4n) is 3.79. The molecule has 0 bridgehead atoms. The molecule has 1 N–H and O–H groups in total. The summed E-state index contributed by atoms with van der Waals surface area (Å²) in [5.74, 6) is -1.48. The van der Waals surface area contributed by atoms with Crippen LogP contribution in [0.5, 0.6) is 0 Å². The first-order valence-corrected chi connectivity index (χ1v) is 10.1. The minimum atomic E-state index is -1.03. The lowest BCUT2D eigenvalue weighted by Crippen LogP contribution is -2.04. The van der Waals surface area contributed by atoms with Gasteiger partial charge < -0.3 is 5.32 Å². The highest BCUT2D eigenvalue weighted by Crippen LogP contribution is 2.39. The molecule has 5 nitrogen and oxygen atoms in total. The van der Waals surface area contributed by atoms with Crippen molar-refractivity contribution in [2.75, 3.05) is 5.32 Å². The third-order valence-electron chi connectivity index (χ3n) is 5.37. The van der Waals surface area contributed by atoms with Crippen LogP contribution in [0.25, 0.3) is 27.8 Å². The van der Waals surface area contributed by atoms with Crippen LogP contribution >= 0.6 is 0 Å². The lowest BCUT2D eigenvalue weighted by Gasteiger charge is -2.15. The predicted octanol–water partition coefficient (Wildman–Crippen LogP) is 6.12. The fraction of sp³-hybridized carbons (Fsp3) is 0.0800. The number of fused-ring (bicyclic) bond motifs is 1. The smallest absolute Gasteiger partial charge is 0.187 e. The second-order valence-electron chi connectivity index (χ2n) is 7.47. The summed E-state index contributed by atoms with van der Waals surface area (Å²) in [6.45, 7) is 3.75. The number of hydrogen-bond donors (Lipinski definition) is 1. The molecule has 5 aromatic rings. The maximum absolute atomic E-state index is 15.3. The highest BCUT2D eigenvalue weighted by molar-refractivity contribution is 5.88. The maximum atomic E-state index is 15.3. The monoisotopic (exact) mass is 427 g/mol. The second-order valence-corrected chi connectivity index (χ2v) is 7.47. The van der Waals surface area contributed by atoms with Crippen molar-refractivity contribution in [3.05, 3.63) is 95.9 Å². The van der Waals surface area contributed by atoms with E-state index in [0.717, 1.165) is 16.9 Å². The average Bonchev–Trinajstić information content (AvgIpc) is 3.14. The number of halogens is 2. The Bertz CT molecular complexity index is 1440. The summed E-state index contributed by atoms with van der Waals surface area (Å²) in [6, 6.07) is 18.8. The molecule has 2 heterocycles. The largest absolute Gasteiger partial charge is 0.339 e. The summed E-state index contributed by atoms with van der Waals surface area (Å²) in [6.07, 6.45) is 2.80. The summed E-state index contributed by atoms with van der Waals surface area (Å²) in [5.41, 5.74) is 3.89. The number of benzene rings is 3. The summed E-state index contributed by atoms with van der Waals surface area (Å²) < 4.78 is 31.9. The van der Waals surface area contributed by atoms with E-state index in [0.29, 0.717) is 17.1 Å². The normalized spacial score (nSPS) is 11.1. The van der Waals surface area contributed by atoms with E-state index >= 15 is 4.39 Å². The van der Waals surface area contributed by atoms with E-state index in [-0.39, 0.29) is 16.6 Å². The molecule has 0 aliphatic heterocycles. The molecule has 3 aromatic carbocycles. The fourth-order valence-corrected chi connectivity index (χ4v) is 3.79. The third-order valence-corrected chi connectivity index (χ3v) is 5.37. The van der Waals surface area contributed by atoms with Gasteiger partial charge in [0.25, 0.3) is 0 Å². The third kappa shape index (κ3) is 3.28. The zero-order chi connectivity index (χ0) is 22.2. The molecule has 158 valence electrons. The Labute approximate surface area is 183 Å². The van der Waals surface area contributed by atoms with Gasteiger partial charge in [0.05, 0.1) is 22.5 Å². The quantitative estimate of drug-likeness (QED) is 0.375. The molecular formula is C25H19F2N5. The number of anilines is 2. The lowest BCUT2D eigenvalue weighted by atomic mass is 10.0. The van der Waals surface area contributed by atoms with Gasteiger partial charge in [0.15, 0.2) is 11.6 Å². The van der Waals surface area contributed by atoms with Crippen LogP contribution in [0.2, 0.25) is 0 Å². The van der Waals surface area contributed by atoms with Gasteiger partial charge in [-0.05, 0) is 43.7 Å². The molecule has 0 spiro atoms. The molecular weight excluding hydrogens is 408 g/mol. The molecule has 2 aromatic heterocycles. The molecule has 0 unspecified atom stereocenters. The van der Waals surface area contributed by atoms with E-state index in [1.54, 1.807) is 11.6 Å². The Kier molecular flexibility index (Phi) is 4.86. The Hall–Kier alpha value is -4.13. The zero-order valence-electron chi connectivity index (χ0n) is 17.5. The highest BCUT2D eigenvalue weighted by atomic mass is 19.2. The van der Waals surface area contributed by atoms with E-state index in [1.165, 1.54) is 18.5 Å². The minimum Gasteiger partial charge on any atom is -0.339 e. The van der Waals surface area contributed by atoms with Gasteiger partial charge in [-0.1, -0.05) is 36.4 Å². The van der Waals surface area contributed by atoms with Crippen molar-refractivity contribution in [1.82, 2.24) is 19.7 Å². The zero-order valence-corrected chi connectivity index (χ0v) is 17.5. The lowest BCUT2D eigenvalue weighted by molar-refractivity contribution is 0.517. The molecule has 0 saturated heterocycles. The van der Waals surface area contributed by atoms with Crippen LogP contribution in [-0.2, 0) is 0 Å². The first kappa shape index (κ1) is 19.8. The van der Waals surface area contributed by atoms with E-state index in [1.807, 2.05) is 61.5 Å². The second kappa shape index (κ2) is 7.85. The van der Waals surface area contributed by atoms with Gasteiger partial charge in [0.2, 0.25) is 0 Å². The molecule has 5 rings (SSSR count). The van der Waals surface area contributed by atoms with E-state index in [9.17, 15) is 4.39 Å². The van der Waals surface area contributed by atoms with Crippen LogP contribution in [-0.4, -0.2) is 19.7 Å². The van der Waals surface area contributed by atoms with Crippen LogP contribution in [0.15, 0.2) is 73.1 Å². The first-order valence-electron chi connectivity index (χ1n) is 10.1. The SMILES string of the molecule is Cc1ccccc1Nc1c(-c2cc3nccnc3c(F)c2F)c(C)nn1-c1ccccc1. The Morgan fingerprint density at radius 2 is 1.56 bits per heavy atom. The van der Waals surface area contributed by atoms with Crippen molar-refractivity contribution >= 4 is 22.5 Å². The van der Waals surface area contributed by atoms with Crippen molar-refractivity contribution in [3.63, 3.8) is 0 Å². The molecule has 0 atom stereocenters. The van der Waals surface area contributed by atoms with Gasteiger partial charge in [0, 0.05) is 23.6 Å². The van der Waals surface area contributed by atoms with Crippen LogP contribution in [0.1, 0.15) is 11.3 Å². The summed E-state index contributed by atoms with van der Waals surface area (Å²) in [4.78, 5) is 8.11. The number of hydrogen-bond acceptors (Lipinski definition) is 4. The van der Waals surface area contributed by atoms with Crippen molar-refractivity contribution in [3.8, 4) is 16.8 Å². The molecule has 0 aliphatic rings. The van der Waals surface area contributed by atoms with Crippen LogP contribution in [0, 0.1) is 25.5 Å². The van der Waals surface area contributed by atoms with E-state index in [4.69, 9.17) is 0 Å². The van der Waals surface area contributed by atoms with Gasteiger partial charge in [-0.2, -0.15) is 5.10 Å². The number of rotatable bonds is 4. The van der Waals surface area contributed by atoms with E-state index in [2.05, 4.69) is 20.4 Å². The summed E-state index contributed by atoms with van der Waals surface area (Å²) in [7, 11) is 0. The highest BCUT2D eigenvalue weighted by Gasteiger charge is 2.25. The molecule has 32 heavy (non-hydrogen) atoms. The van der Waals surface area contributed by atoms with Crippen molar-refractivity contribution in [1.29, 1.82) is 0 Å². The van der Waals surface area contributed by atoms with Crippen LogP contribution < -0.4 is 5.32 Å². The van der Waals surface area contributed by atoms with Crippen molar-refractivity contribution in [2.24, 2.45) is 0 Å². The standard InChI is InChI=1S/C25H19F2N5/c1-15-8-6-7-11-19(15)30-25-21(16(2)31-32(25)17-9-4-3-5-10-17)18-14-20-24(23(27)22(18)26)29-13-12-28-20/h3-14,30H,1-2H3. The van der Waals surface area contributed by atoms with Crippen LogP contribution in [0.3, 0.4) is 0 Å². The number of aryl methyl sites for hydroxylation is 2. The maximum Gasteiger partial charge on any atom is 0.187 e. The topological polar surface area (TPSA) is 55.6 Å². The van der Waals surface area contributed by atoms with Crippen LogP contribution in [0.4, 0.5) is 20.3 Å². The molecule has 0 aliphatic carbocycles. The van der Waals surface area contributed by atoms with Gasteiger partial charge in [-0.15, -0.1) is 0 Å². The molecule has 7 heteroatoms. The summed E-state index contributed by atoms with van der Waals surface area (Å²) in [5, 5.41) is 8.06.